The molecule has 2 aromatic rings. The largest absolute Gasteiger partial charge is 0.504 e. The van der Waals surface area contributed by atoms with Gasteiger partial charge in [0.05, 0.1) is 38.1 Å². The van der Waals surface area contributed by atoms with E-state index in [1.54, 1.807) is 18.2 Å². The van der Waals surface area contributed by atoms with Gasteiger partial charge in [-0.25, -0.2) is 9.59 Å². The molecule has 0 atom stereocenters. The summed E-state index contributed by atoms with van der Waals surface area (Å²) in [5.41, 5.74) is 1.00. The van der Waals surface area contributed by atoms with Crippen molar-refractivity contribution in [3.63, 3.8) is 0 Å². The van der Waals surface area contributed by atoms with Gasteiger partial charge < -0.3 is 19.3 Å². The van der Waals surface area contributed by atoms with E-state index >= 15 is 0 Å². The second-order valence-electron chi connectivity index (χ2n) is 4.87. The smallest absolute Gasteiger partial charge is 0.340 e. The third-order valence-electron chi connectivity index (χ3n) is 3.42. The van der Waals surface area contributed by atoms with Gasteiger partial charge in [-0.2, -0.15) is 0 Å². The van der Waals surface area contributed by atoms with Crippen LogP contribution in [-0.2, 0) is 9.47 Å². The molecule has 1 N–H and O–H groups in total. The first kappa shape index (κ1) is 18.0. The Kier molecular flexibility index (Phi) is 5.73. The standard InChI is InChI=1S/C18H17NO6/c1-23-15-6-4-5-12(16(15)20)10-19-14-9-11(17(21)24-2)7-8-13(14)18(22)25-3/h4-10,20H,1-3H3. The summed E-state index contributed by atoms with van der Waals surface area (Å²) in [6.07, 6.45) is 1.36. The highest BCUT2D eigenvalue weighted by atomic mass is 16.5. The predicted octanol–water partition coefficient (Wildman–Crippen LogP) is 2.72. The molecule has 0 unspecified atom stereocenters. The maximum atomic E-state index is 11.9. The number of phenols is 1. The van der Waals surface area contributed by atoms with Crippen LogP contribution in [0.3, 0.4) is 0 Å². The Balaban J connectivity index is 2.49. The molecular weight excluding hydrogens is 326 g/mol. The van der Waals surface area contributed by atoms with Gasteiger partial charge in [-0.05, 0) is 30.3 Å². The lowest BCUT2D eigenvalue weighted by Crippen LogP contribution is -2.05. The number of ether oxygens (including phenoxy) is 3. The van der Waals surface area contributed by atoms with Crippen LogP contribution in [0.4, 0.5) is 5.69 Å². The normalized spacial score (nSPS) is 10.5. The monoisotopic (exact) mass is 343 g/mol. The summed E-state index contributed by atoms with van der Waals surface area (Å²) in [6.45, 7) is 0. The van der Waals surface area contributed by atoms with E-state index in [1.807, 2.05) is 0 Å². The maximum absolute atomic E-state index is 11.9. The van der Waals surface area contributed by atoms with Gasteiger partial charge in [-0.1, -0.05) is 6.07 Å². The van der Waals surface area contributed by atoms with Crippen LogP contribution in [0, 0.1) is 0 Å². The number of rotatable bonds is 5. The van der Waals surface area contributed by atoms with E-state index in [9.17, 15) is 14.7 Å². The second kappa shape index (κ2) is 7.96. The van der Waals surface area contributed by atoms with Crippen LogP contribution in [0.5, 0.6) is 11.5 Å². The minimum absolute atomic E-state index is 0.0857. The van der Waals surface area contributed by atoms with Crippen molar-refractivity contribution in [1.82, 2.24) is 0 Å². The number of benzene rings is 2. The molecule has 0 aromatic heterocycles. The number of nitrogens with zero attached hydrogens (tertiary/aromatic N) is 1. The Morgan fingerprint density at radius 2 is 1.76 bits per heavy atom. The van der Waals surface area contributed by atoms with Crippen molar-refractivity contribution in [1.29, 1.82) is 0 Å². The summed E-state index contributed by atoms with van der Waals surface area (Å²) in [5, 5.41) is 10.1. The molecule has 0 aliphatic heterocycles. The van der Waals surface area contributed by atoms with E-state index in [2.05, 4.69) is 9.73 Å². The Hall–Kier alpha value is -3.35. The number of para-hydroxylation sites is 1. The fourth-order valence-corrected chi connectivity index (χ4v) is 2.11. The zero-order valence-electron chi connectivity index (χ0n) is 14.0. The van der Waals surface area contributed by atoms with Gasteiger partial charge in [0, 0.05) is 11.8 Å². The van der Waals surface area contributed by atoms with Gasteiger partial charge in [-0.15, -0.1) is 0 Å². The fraction of sp³-hybridized carbons (Fsp3) is 0.167. The Bertz CT molecular complexity index is 828. The van der Waals surface area contributed by atoms with E-state index in [0.717, 1.165) is 0 Å². The van der Waals surface area contributed by atoms with E-state index in [1.165, 1.54) is 45.7 Å². The first-order valence-electron chi connectivity index (χ1n) is 7.22. The predicted molar refractivity (Wildman–Crippen MR) is 91.0 cm³/mol. The van der Waals surface area contributed by atoms with E-state index in [4.69, 9.17) is 9.47 Å². The molecule has 0 amide bonds. The van der Waals surface area contributed by atoms with Crippen LogP contribution in [0.15, 0.2) is 41.4 Å². The minimum Gasteiger partial charge on any atom is -0.504 e. The lowest BCUT2D eigenvalue weighted by molar-refractivity contribution is 0.0587. The van der Waals surface area contributed by atoms with Gasteiger partial charge in [-0.3, -0.25) is 4.99 Å². The van der Waals surface area contributed by atoms with Gasteiger partial charge in [0.25, 0.3) is 0 Å². The maximum Gasteiger partial charge on any atom is 0.340 e. The molecule has 25 heavy (non-hydrogen) atoms. The molecule has 7 heteroatoms. The third-order valence-corrected chi connectivity index (χ3v) is 3.42. The number of phenolic OH excluding ortho intramolecular Hbond substituents is 1. The number of carbonyl (C=O) groups excluding carboxylic acids is 2. The summed E-state index contributed by atoms with van der Waals surface area (Å²) in [4.78, 5) is 27.8. The molecule has 2 rings (SSSR count). The molecule has 0 spiro atoms. The van der Waals surface area contributed by atoms with Crippen molar-refractivity contribution < 1.29 is 28.9 Å². The highest BCUT2D eigenvalue weighted by molar-refractivity contribution is 5.99. The molecule has 0 aliphatic rings. The quantitative estimate of drug-likeness (QED) is 0.662. The number of hydrogen-bond donors (Lipinski definition) is 1. The molecule has 0 saturated carbocycles. The Morgan fingerprint density at radius 3 is 2.40 bits per heavy atom. The zero-order chi connectivity index (χ0) is 18.4. The molecule has 0 saturated heterocycles. The average molecular weight is 343 g/mol. The summed E-state index contributed by atoms with van der Waals surface area (Å²) < 4.78 is 14.4. The summed E-state index contributed by atoms with van der Waals surface area (Å²) in [5.74, 6) is -0.950. The number of methoxy groups -OCH3 is 3. The fourth-order valence-electron chi connectivity index (χ4n) is 2.11. The molecule has 0 aliphatic carbocycles. The number of hydrogen-bond acceptors (Lipinski definition) is 7. The van der Waals surface area contributed by atoms with Crippen LogP contribution < -0.4 is 4.74 Å². The SMILES string of the molecule is COC(=O)c1ccc(C(=O)OC)c(N=Cc2cccc(OC)c2O)c1. The molecule has 2 aromatic carbocycles. The van der Waals surface area contributed by atoms with Crippen LogP contribution in [0.2, 0.25) is 0 Å². The lowest BCUT2D eigenvalue weighted by Gasteiger charge is -2.07. The van der Waals surface area contributed by atoms with Gasteiger partial charge in [0.15, 0.2) is 11.5 Å². The van der Waals surface area contributed by atoms with Crippen molar-refractivity contribution in [2.75, 3.05) is 21.3 Å². The second-order valence-corrected chi connectivity index (χ2v) is 4.87. The van der Waals surface area contributed by atoms with Gasteiger partial charge >= 0.3 is 11.9 Å². The number of esters is 2. The van der Waals surface area contributed by atoms with Crippen molar-refractivity contribution >= 4 is 23.8 Å². The summed E-state index contributed by atoms with van der Waals surface area (Å²) >= 11 is 0. The van der Waals surface area contributed by atoms with Crippen LogP contribution >= 0.6 is 0 Å². The van der Waals surface area contributed by atoms with Crippen LogP contribution in [0.25, 0.3) is 0 Å². The highest BCUT2D eigenvalue weighted by Gasteiger charge is 2.15. The van der Waals surface area contributed by atoms with E-state index < -0.39 is 11.9 Å². The molecule has 0 radical (unpaired) electrons. The molecule has 130 valence electrons. The van der Waals surface area contributed by atoms with Crippen molar-refractivity contribution in [2.45, 2.75) is 0 Å². The van der Waals surface area contributed by atoms with Gasteiger partial charge in [0.1, 0.15) is 0 Å². The zero-order valence-corrected chi connectivity index (χ0v) is 14.0. The summed E-state index contributed by atoms with van der Waals surface area (Å²) in [6, 6.07) is 9.20. The lowest BCUT2D eigenvalue weighted by atomic mass is 10.1. The average Bonchev–Trinajstić information content (AvgIpc) is 2.65. The molecular formula is C18H17NO6. The Morgan fingerprint density at radius 1 is 1.04 bits per heavy atom. The molecule has 0 fully saturated rings. The van der Waals surface area contributed by atoms with Crippen molar-refractivity contribution in [3.8, 4) is 11.5 Å². The first-order chi connectivity index (χ1) is 12.0. The van der Waals surface area contributed by atoms with Crippen LogP contribution in [0.1, 0.15) is 26.3 Å². The van der Waals surface area contributed by atoms with Gasteiger partial charge in [0.2, 0.25) is 0 Å². The van der Waals surface area contributed by atoms with Crippen LogP contribution in [-0.4, -0.2) is 44.6 Å². The first-order valence-corrected chi connectivity index (χ1v) is 7.22. The van der Waals surface area contributed by atoms with E-state index in [-0.39, 0.29) is 22.6 Å². The molecule has 7 nitrogen and oxygen atoms in total. The van der Waals surface area contributed by atoms with Crippen molar-refractivity contribution in [3.05, 3.63) is 53.1 Å². The summed E-state index contributed by atoms with van der Waals surface area (Å²) in [7, 11) is 3.94. The minimum atomic E-state index is -0.599. The molecule has 0 heterocycles. The topological polar surface area (TPSA) is 94.4 Å². The number of carbonyl (C=O) groups is 2. The number of aliphatic imine (C=N–C) groups is 1. The Labute approximate surface area is 144 Å². The highest BCUT2D eigenvalue weighted by Crippen LogP contribution is 2.29. The molecule has 0 bridgehead atoms. The third kappa shape index (κ3) is 3.95. The van der Waals surface area contributed by atoms with Crippen molar-refractivity contribution in [2.24, 2.45) is 4.99 Å². The van der Waals surface area contributed by atoms with E-state index in [0.29, 0.717) is 11.3 Å². The number of aromatic hydroxyl groups is 1.